The molecule has 0 radical (unpaired) electrons. The topological polar surface area (TPSA) is 95.9 Å². The SMILES string of the molecule is COc1ccc(O)c(C(=O)N[C@H]2CC[C@@H](C(=O)O)C2)c1. The van der Waals surface area contributed by atoms with Gasteiger partial charge >= 0.3 is 5.97 Å². The molecule has 0 heterocycles. The lowest BCUT2D eigenvalue weighted by Crippen LogP contribution is -2.33. The minimum atomic E-state index is -0.828. The first-order valence-corrected chi connectivity index (χ1v) is 6.42. The lowest BCUT2D eigenvalue weighted by atomic mass is 10.1. The Morgan fingerprint density at radius 1 is 1.35 bits per heavy atom. The highest BCUT2D eigenvalue weighted by atomic mass is 16.5. The van der Waals surface area contributed by atoms with Crippen LogP contribution in [-0.2, 0) is 4.79 Å². The van der Waals surface area contributed by atoms with Crippen LogP contribution < -0.4 is 10.1 Å². The Hall–Kier alpha value is -2.24. The van der Waals surface area contributed by atoms with Gasteiger partial charge in [-0.05, 0) is 37.5 Å². The monoisotopic (exact) mass is 279 g/mol. The van der Waals surface area contributed by atoms with Crippen molar-refractivity contribution in [2.45, 2.75) is 25.3 Å². The van der Waals surface area contributed by atoms with Crippen LogP contribution in [0.25, 0.3) is 0 Å². The first kappa shape index (κ1) is 14.2. The number of phenols is 1. The van der Waals surface area contributed by atoms with Gasteiger partial charge in [-0.25, -0.2) is 0 Å². The third kappa shape index (κ3) is 3.01. The summed E-state index contributed by atoms with van der Waals surface area (Å²) in [5, 5.41) is 21.4. The minimum Gasteiger partial charge on any atom is -0.507 e. The fraction of sp³-hybridized carbons (Fsp3) is 0.429. The van der Waals surface area contributed by atoms with Crippen molar-refractivity contribution in [3.63, 3.8) is 0 Å². The molecule has 0 saturated heterocycles. The minimum absolute atomic E-state index is 0.128. The summed E-state index contributed by atoms with van der Waals surface area (Å²) in [6.07, 6.45) is 1.61. The number of amides is 1. The van der Waals surface area contributed by atoms with E-state index >= 15 is 0 Å². The number of carbonyl (C=O) groups is 2. The molecular weight excluding hydrogens is 262 g/mol. The van der Waals surface area contributed by atoms with Crippen molar-refractivity contribution in [3.8, 4) is 11.5 Å². The van der Waals surface area contributed by atoms with E-state index < -0.39 is 17.8 Å². The van der Waals surface area contributed by atoms with E-state index in [1.807, 2.05) is 0 Å². The van der Waals surface area contributed by atoms with Gasteiger partial charge in [0.05, 0.1) is 18.6 Å². The highest BCUT2D eigenvalue weighted by Crippen LogP contribution is 2.27. The van der Waals surface area contributed by atoms with E-state index in [4.69, 9.17) is 9.84 Å². The summed E-state index contributed by atoms with van der Waals surface area (Å²) in [5.74, 6) is -1.30. The predicted molar refractivity (Wildman–Crippen MR) is 70.9 cm³/mol. The summed E-state index contributed by atoms with van der Waals surface area (Å²) in [7, 11) is 1.47. The normalized spacial score (nSPS) is 21.4. The highest BCUT2D eigenvalue weighted by Gasteiger charge is 2.31. The van der Waals surface area contributed by atoms with E-state index in [1.165, 1.54) is 19.2 Å². The maximum absolute atomic E-state index is 12.1. The molecule has 1 fully saturated rings. The summed E-state index contributed by atoms with van der Waals surface area (Å²) in [6, 6.07) is 4.23. The average Bonchev–Trinajstić information content (AvgIpc) is 2.88. The second kappa shape index (κ2) is 5.81. The molecule has 0 bridgehead atoms. The number of hydrogen-bond donors (Lipinski definition) is 3. The molecule has 3 N–H and O–H groups in total. The lowest BCUT2D eigenvalue weighted by Gasteiger charge is -2.13. The van der Waals surface area contributed by atoms with Gasteiger partial charge < -0.3 is 20.3 Å². The van der Waals surface area contributed by atoms with Gasteiger partial charge in [0.1, 0.15) is 11.5 Å². The maximum atomic E-state index is 12.1. The zero-order valence-electron chi connectivity index (χ0n) is 11.1. The van der Waals surface area contributed by atoms with Crippen LogP contribution in [0.4, 0.5) is 0 Å². The standard InChI is InChI=1S/C14H17NO5/c1-20-10-4-5-12(16)11(7-10)13(17)15-9-3-2-8(6-9)14(18)19/h4-5,7-9,16H,2-3,6H2,1H3,(H,15,17)(H,18,19)/t8-,9+/m1/s1. The lowest BCUT2D eigenvalue weighted by molar-refractivity contribution is -0.141. The number of nitrogens with one attached hydrogen (secondary N) is 1. The first-order valence-electron chi connectivity index (χ1n) is 6.42. The van der Waals surface area contributed by atoms with Crippen molar-refractivity contribution in [2.75, 3.05) is 7.11 Å². The molecule has 0 unspecified atom stereocenters. The number of benzene rings is 1. The number of carboxylic acids is 1. The zero-order chi connectivity index (χ0) is 14.7. The van der Waals surface area contributed by atoms with Crippen molar-refractivity contribution >= 4 is 11.9 Å². The molecule has 1 aliphatic rings. The molecule has 6 heteroatoms. The summed E-state index contributed by atoms with van der Waals surface area (Å²) in [4.78, 5) is 23.0. The molecule has 2 rings (SSSR count). The fourth-order valence-corrected chi connectivity index (χ4v) is 2.42. The van der Waals surface area contributed by atoms with Gasteiger partial charge in [-0.15, -0.1) is 0 Å². The van der Waals surface area contributed by atoms with Crippen molar-refractivity contribution in [1.29, 1.82) is 0 Å². The van der Waals surface area contributed by atoms with Gasteiger partial charge in [-0.2, -0.15) is 0 Å². The van der Waals surface area contributed by atoms with Crippen LogP contribution in [0.2, 0.25) is 0 Å². The highest BCUT2D eigenvalue weighted by molar-refractivity contribution is 5.97. The van der Waals surface area contributed by atoms with Crippen LogP contribution in [-0.4, -0.2) is 35.2 Å². The Morgan fingerprint density at radius 3 is 2.70 bits per heavy atom. The molecule has 1 aliphatic carbocycles. The Labute approximate surface area is 116 Å². The second-order valence-corrected chi connectivity index (χ2v) is 4.90. The van der Waals surface area contributed by atoms with E-state index in [2.05, 4.69) is 5.32 Å². The average molecular weight is 279 g/mol. The summed E-state index contributed by atoms with van der Waals surface area (Å²) < 4.78 is 5.01. The third-order valence-electron chi connectivity index (χ3n) is 3.57. The van der Waals surface area contributed by atoms with Crippen LogP contribution in [0.15, 0.2) is 18.2 Å². The van der Waals surface area contributed by atoms with Gasteiger partial charge in [-0.1, -0.05) is 0 Å². The van der Waals surface area contributed by atoms with Gasteiger partial charge in [0, 0.05) is 6.04 Å². The number of hydrogen-bond acceptors (Lipinski definition) is 4. The third-order valence-corrected chi connectivity index (χ3v) is 3.57. The number of aliphatic carboxylic acids is 1. The quantitative estimate of drug-likeness (QED) is 0.774. The van der Waals surface area contributed by atoms with Gasteiger partial charge in [0.2, 0.25) is 0 Å². The molecule has 2 atom stereocenters. The Bertz CT molecular complexity index is 528. The smallest absolute Gasteiger partial charge is 0.306 e. The molecule has 6 nitrogen and oxygen atoms in total. The van der Waals surface area contributed by atoms with Crippen LogP contribution in [0.3, 0.4) is 0 Å². The Morgan fingerprint density at radius 2 is 2.10 bits per heavy atom. The molecule has 20 heavy (non-hydrogen) atoms. The van der Waals surface area contributed by atoms with Gasteiger partial charge in [0.25, 0.3) is 5.91 Å². The molecule has 108 valence electrons. The maximum Gasteiger partial charge on any atom is 0.306 e. The number of methoxy groups -OCH3 is 1. The first-order chi connectivity index (χ1) is 9.51. The van der Waals surface area contributed by atoms with E-state index in [1.54, 1.807) is 6.07 Å². The fourth-order valence-electron chi connectivity index (χ4n) is 2.42. The van der Waals surface area contributed by atoms with Crippen molar-refractivity contribution < 1.29 is 24.5 Å². The van der Waals surface area contributed by atoms with Crippen molar-refractivity contribution in [1.82, 2.24) is 5.32 Å². The zero-order valence-corrected chi connectivity index (χ0v) is 11.1. The Kier molecular flexibility index (Phi) is 4.12. The number of carbonyl (C=O) groups excluding carboxylic acids is 1. The molecule has 1 aromatic rings. The van der Waals surface area contributed by atoms with E-state index in [-0.39, 0.29) is 17.4 Å². The number of ether oxygens (including phenoxy) is 1. The van der Waals surface area contributed by atoms with Gasteiger partial charge in [0.15, 0.2) is 0 Å². The molecule has 0 aromatic heterocycles. The Balaban J connectivity index is 2.04. The van der Waals surface area contributed by atoms with Crippen molar-refractivity contribution in [3.05, 3.63) is 23.8 Å². The molecular formula is C14H17NO5. The van der Waals surface area contributed by atoms with E-state index in [9.17, 15) is 14.7 Å². The second-order valence-electron chi connectivity index (χ2n) is 4.90. The van der Waals surface area contributed by atoms with E-state index in [0.29, 0.717) is 25.0 Å². The van der Waals surface area contributed by atoms with Gasteiger partial charge in [-0.3, -0.25) is 9.59 Å². The number of carboxylic acid groups (broad SMARTS) is 1. The van der Waals surface area contributed by atoms with Crippen molar-refractivity contribution in [2.24, 2.45) is 5.92 Å². The van der Waals surface area contributed by atoms with Crippen LogP contribution in [0.5, 0.6) is 11.5 Å². The largest absolute Gasteiger partial charge is 0.507 e. The number of aromatic hydroxyl groups is 1. The van der Waals surface area contributed by atoms with E-state index in [0.717, 1.165) is 0 Å². The van der Waals surface area contributed by atoms with Crippen LogP contribution in [0, 0.1) is 5.92 Å². The molecule has 1 amide bonds. The number of phenolic OH excluding ortho intramolecular Hbond substituents is 1. The summed E-state index contributed by atoms with van der Waals surface area (Å²) in [5.41, 5.74) is 0.128. The molecule has 0 aliphatic heterocycles. The van der Waals surface area contributed by atoms with Crippen LogP contribution >= 0.6 is 0 Å². The van der Waals surface area contributed by atoms with Crippen LogP contribution in [0.1, 0.15) is 29.6 Å². The number of rotatable bonds is 4. The predicted octanol–water partition coefficient (Wildman–Crippen LogP) is 1.38. The molecule has 0 spiro atoms. The molecule has 1 aromatic carbocycles. The summed E-state index contributed by atoms with van der Waals surface area (Å²) >= 11 is 0. The summed E-state index contributed by atoms with van der Waals surface area (Å²) in [6.45, 7) is 0. The molecule has 1 saturated carbocycles.